The highest BCUT2D eigenvalue weighted by Gasteiger charge is 2.20. The second-order valence-corrected chi connectivity index (χ2v) is 7.35. The normalized spacial score (nSPS) is 11.5. The molecule has 2 aromatic rings. The van der Waals surface area contributed by atoms with E-state index < -0.39 is 5.97 Å². The molecule has 0 aliphatic heterocycles. The molecule has 0 saturated carbocycles. The van der Waals surface area contributed by atoms with E-state index in [-0.39, 0.29) is 5.41 Å². The third-order valence-electron chi connectivity index (χ3n) is 4.05. The number of carbonyl (C=O) groups is 1. The average Bonchev–Trinajstić information content (AvgIpc) is 2.61. The molecule has 0 unspecified atom stereocenters. The fraction of sp³-hybridized carbons (Fsp3) is 0.348. The van der Waals surface area contributed by atoms with Crippen molar-refractivity contribution in [1.29, 1.82) is 0 Å². The smallest absolute Gasteiger partial charge is 0.336 e. The number of hydrogen-bond donors (Lipinski definition) is 0. The van der Waals surface area contributed by atoms with Crippen molar-refractivity contribution in [3.8, 4) is 17.2 Å². The lowest BCUT2D eigenvalue weighted by molar-refractivity contribution is -0.128. The van der Waals surface area contributed by atoms with Crippen LogP contribution in [0, 0.1) is 6.92 Å². The van der Waals surface area contributed by atoms with Gasteiger partial charge in [-0.2, -0.15) is 0 Å². The van der Waals surface area contributed by atoms with E-state index >= 15 is 0 Å². The van der Waals surface area contributed by atoms with Crippen molar-refractivity contribution in [3.63, 3.8) is 0 Å². The Kier molecular flexibility index (Phi) is 6.67. The molecular weight excluding hydrogens is 340 g/mol. The molecule has 0 atom stereocenters. The molecule has 0 aliphatic rings. The Bertz CT molecular complexity index is 829. The molecule has 2 rings (SSSR count). The molecule has 0 radical (unpaired) electrons. The van der Waals surface area contributed by atoms with Gasteiger partial charge in [-0.15, -0.1) is 0 Å². The molecular formula is C23H28O4. The zero-order valence-electron chi connectivity index (χ0n) is 17.0. The molecule has 144 valence electrons. The molecule has 4 heteroatoms. The molecule has 4 nitrogen and oxygen atoms in total. The molecule has 0 N–H and O–H groups in total. The van der Waals surface area contributed by atoms with Crippen LogP contribution < -0.4 is 14.2 Å². The number of ether oxygens (including phenoxy) is 3. The number of benzene rings is 2. The van der Waals surface area contributed by atoms with E-state index in [0.717, 1.165) is 16.7 Å². The minimum Gasteiger partial charge on any atom is -0.493 e. The van der Waals surface area contributed by atoms with E-state index in [2.05, 4.69) is 26.8 Å². The highest BCUT2D eigenvalue weighted by atomic mass is 16.5. The Hall–Kier alpha value is -2.75. The van der Waals surface area contributed by atoms with Gasteiger partial charge in [0.1, 0.15) is 5.75 Å². The summed E-state index contributed by atoms with van der Waals surface area (Å²) in [6.45, 7) is 10.8. The van der Waals surface area contributed by atoms with E-state index in [4.69, 9.17) is 14.2 Å². The van der Waals surface area contributed by atoms with Gasteiger partial charge < -0.3 is 14.2 Å². The van der Waals surface area contributed by atoms with E-state index in [0.29, 0.717) is 23.9 Å². The summed E-state index contributed by atoms with van der Waals surface area (Å²) in [7, 11) is 1.59. The molecule has 0 saturated heterocycles. The predicted octanol–water partition coefficient (Wildman–Crippen LogP) is 5.32. The molecule has 0 aromatic heterocycles. The molecule has 27 heavy (non-hydrogen) atoms. The average molecular weight is 368 g/mol. The van der Waals surface area contributed by atoms with Crippen LogP contribution in [0.3, 0.4) is 0 Å². The summed E-state index contributed by atoms with van der Waals surface area (Å²) < 4.78 is 16.4. The molecule has 0 aliphatic carbocycles. The maximum absolute atomic E-state index is 12.3. The van der Waals surface area contributed by atoms with Crippen LogP contribution >= 0.6 is 0 Å². The largest absolute Gasteiger partial charge is 0.493 e. The third kappa shape index (κ3) is 5.61. The fourth-order valence-corrected chi connectivity index (χ4v) is 2.69. The van der Waals surface area contributed by atoms with Crippen molar-refractivity contribution >= 4 is 12.0 Å². The first kappa shape index (κ1) is 20.6. The molecule has 2 aromatic carbocycles. The lowest BCUT2D eigenvalue weighted by Crippen LogP contribution is -2.15. The van der Waals surface area contributed by atoms with Gasteiger partial charge in [0, 0.05) is 11.6 Å². The van der Waals surface area contributed by atoms with E-state index in [1.54, 1.807) is 13.2 Å². The van der Waals surface area contributed by atoms with Crippen molar-refractivity contribution in [2.75, 3.05) is 13.7 Å². The topological polar surface area (TPSA) is 44.8 Å². The Labute approximate surface area is 161 Å². The van der Waals surface area contributed by atoms with Crippen molar-refractivity contribution in [3.05, 3.63) is 59.2 Å². The maximum Gasteiger partial charge on any atom is 0.336 e. The second kappa shape index (κ2) is 8.76. The minimum absolute atomic E-state index is 0.117. The lowest BCUT2D eigenvalue weighted by Gasteiger charge is -2.22. The van der Waals surface area contributed by atoms with Crippen molar-refractivity contribution in [2.24, 2.45) is 0 Å². The number of esters is 1. The van der Waals surface area contributed by atoms with Crippen LogP contribution in [0.1, 0.15) is 44.4 Å². The summed E-state index contributed by atoms with van der Waals surface area (Å²) in [4.78, 5) is 12.3. The number of rotatable bonds is 6. The van der Waals surface area contributed by atoms with E-state index in [1.807, 2.05) is 44.2 Å². The van der Waals surface area contributed by atoms with E-state index in [1.165, 1.54) is 6.08 Å². The minimum atomic E-state index is -0.419. The summed E-state index contributed by atoms with van der Waals surface area (Å²) in [6.07, 6.45) is 3.12. The first-order chi connectivity index (χ1) is 12.7. The lowest BCUT2D eigenvalue weighted by atomic mass is 9.85. The van der Waals surface area contributed by atoms with Crippen LogP contribution in [0.5, 0.6) is 17.2 Å². The van der Waals surface area contributed by atoms with Crippen LogP contribution in [0.15, 0.2) is 42.5 Å². The van der Waals surface area contributed by atoms with Crippen molar-refractivity contribution < 1.29 is 19.0 Å². The number of carbonyl (C=O) groups excluding carboxylic acids is 1. The van der Waals surface area contributed by atoms with Crippen molar-refractivity contribution in [2.45, 2.75) is 40.0 Å². The molecule has 0 spiro atoms. The highest BCUT2D eigenvalue weighted by Crippen LogP contribution is 2.32. The Morgan fingerprint density at radius 3 is 2.37 bits per heavy atom. The first-order valence-corrected chi connectivity index (χ1v) is 9.06. The van der Waals surface area contributed by atoms with Gasteiger partial charge in [0.15, 0.2) is 11.5 Å². The van der Waals surface area contributed by atoms with Crippen LogP contribution in [0.4, 0.5) is 0 Å². The molecule has 0 bridgehead atoms. The van der Waals surface area contributed by atoms with Gasteiger partial charge in [0.05, 0.1) is 13.7 Å². The summed E-state index contributed by atoms with van der Waals surface area (Å²) in [5.74, 6) is 1.47. The first-order valence-electron chi connectivity index (χ1n) is 9.06. The van der Waals surface area contributed by atoms with Gasteiger partial charge in [-0.05, 0) is 49.1 Å². The SMILES string of the molecule is CCOc1ccc(C=CC(=O)Oc2ccc(C)cc2C(C)(C)C)cc1OC. The van der Waals surface area contributed by atoms with E-state index in [9.17, 15) is 4.79 Å². The van der Waals surface area contributed by atoms with Gasteiger partial charge in [0.25, 0.3) is 0 Å². The van der Waals surface area contributed by atoms with Gasteiger partial charge in [-0.1, -0.05) is 44.5 Å². The zero-order valence-corrected chi connectivity index (χ0v) is 17.0. The summed E-state index contributed by atoms with van der Waals surface area (Å²) in [5, 5.41) is 0. The Morgan fingerprint density at radius 2 is 1.74 bits per heavy atom. The van der Waals surface area contributed by atoms with Gasteiger partial charge in [0.2, 0.25) is 0 Å². The quantitative estimate of drug-likeness (QED) is 0.393. The number of aryl methyl sites for hydroxylation is 1. The van der Waals surface area contributed by atoms with Gasteiger partial charge in [-0.25, -0.2) is 4.79 Å². The summed E-state index contributed by atoms with van der Waals surface area (Å²) in [6, 6.07) is 11.4. The predicted molar refractivity (Wildman–Crippen MR) is 109 cm³/mol. The molecule has 0 heterocycles. The molecule has 0 fully saturated rings. The van der Waals surface area contributed by atoms with Gasteiger partial charge in [-0.3, -0.25) is 0 Å². The second-order valence-electron chi connectivity index (χ2n) is 7.35. The number of hydrogen-bond acceptors (Lipinski definition) is 4. The summed E-state index contributed by atoms with van der Waals surface area (Å²) >= 11 is 0. The zero-order chi connectivity index (χ0) is 20.0. The van der Waals surface area contributed by atoms with Crippen LogP contribution in [0.25, 0.3) is 6.08 Å². The highest BCUT2D eigenvalue weighted by molar-refractivity contribution is 5.89. The van der Waals surface area contributed by atoms with Crippen molar-refractivity contribution in [1.82, 2.24) is 0 Å². The maximum atomic E-state index is 12.3. The summed E-state index contributed by atoms with van der Waals surface area (Å²) in [5.41, 5.74) is 2.85. The van der Waals surface area contributed by atoms with Crippen LogP contribution in [-0.4, -0.2) is 19.7 Å². The fourth-order valence-electron chi connectivity index (χ4n) is 2.69. The molecule has 0 amide bonds. The monoisotopic (exact) mass is 368 g/mol. The number of methoxy groups -OCH3 is 1. The third-order valence-corrected chi connectivity index (χ3v) is 4.05. The van der Waals surface area contributed by atoms with Crippen LogP contribution in [0.2, 0.25) is 0 Å². The Morgan fingerprint density at radius 1 is 1.04 bits per heavy atom. The van der Waals surface area contributed by atoms with Crippen LogP contribution in [-0.2, 0) is 10.2 Å². The standard InChI is InChI=1S/C23H28O4/c1-7-26-20-12-9-17(15-21(20)25-6)10-13-22(24)27-19-11-8-16(2)14-18(19)23(3,4)5/h8-15H,7H2,1-6H3. The van der Waals surface area contributed by atoms with Gasteiger partial charge >= 0.3 is 5.97 Å². The Balaban J connectivity index is 2.17.